The van der Waals surface area contributed by atoms with Gasteiger partial charge in [-0.05, 0) is 37.5 Å². The van der Waals surface area contributed by atoms with E-state index in [-0.39, 0.29) is 0 Å². The standard InChI is InChI=1S/C18H24N2/c1-5-17(20-18-14(3)9-7-11-19-18)15(4)16-10-6-8-13(2)12-16/h6-12,15,17H,5H2,1-4H3,(H,19,20)/t15-,17+/m0/s1. The van der Waals surface area contributed by atoms with E-state index in [2.05, 4.69) is 68.3 Å². The van der Waals surface area contributed by atoms with Gasteiger partial charge in [-0.1, -0.05) is 49.7 Å². The minimum Gasteiger partial charge on any atom is -0.367 e. The Morgan fingerprint density at radius 3 is 2.60 bits per heavy atom. The van der Waals surface area contributed by atoms with Gasteiger partial charge in [-0.2, -0.15) is 0 Å². The van der Waals surface area contributed by atoms with Crippen molar-refractivity contribution in [3.63, 3.8) is 0 Å². The number of anilines is 1. The van der Waals surface area contributed by atoms with Crippen molar-refractivity contribution in [2.45, 2.75) is 46.1 Å². The Hall–Kier alpha value is -1.83. The predicted octanol–water partition coefficient (Wildman–Crippen LogP) is 4.69. The predicted molar refractivity (Wildman–Crippen MR) is 86.3 cm³/mol. The molecule has 2 aromatic rings. The summed E-state index contributed by atoms with van der Waals surface area (Å²) in [6.07, 6.45) is 2.92. The van der Waals surface area contributed by atoms with E-state index in [4.69, 9.17) is 0 Å². The van der Waals surface area contributed by atoms with Gasteiger partial charge in [0.25, 0.3) is 0 Å². The van der Waals surface area contributed by atoms with Crippen molar-refractivity contribution in [3.8, 4) is 0 Å². The molecule has 0 aliphatic heterocycles. The van der Waals surface area contributed by atoms with Gasteiger partial charge < -0.3 is 5.32 Å². The summed E-state index contributed by atoms with van der Waals surface area (Å²) in [6, 6.07) is 13.2. The van der Waals surface area contributed by atoms with E-state index in [1.165, 1.54) is 16.7 Å². The zero-order valence-electron chi connectivity index (χ0n) is 12.9. The smallest absolute Gasteiger partial charge is 0.129 e. The molecular formula is C18H24N2. The Labute approximate surface area is 122 Å². The maximum absolute atomic E-state index is 4.45. The molecule has 0 unspecified atom stereocenters. The first-order valence-electron chi connectivity index (χ1n) is 7.36. The van der Waals surface area contributed by atoms with E-state index in [9.17, 15) is 0 Å². The third-order valence-corrected chi connectivity index (χ3v) is 3.94. The summed E-state index contributed by atoms with van der Waals surface area (Å²) in [5.41, 5.74) is 3.90. The van der Waals surface area contributed by atoms with E-state index in [1.54, 1.807) is 0 Å². The van der Waals surface area contributed by atoms with Gasteiger partial charge in [-0.15, -0.1) is 0 Å². The van der Waals surface area contributed by atoms with Crippen molar-refractivity contribution >= 4 is 5.82 Å². The van der Waals surface area contributed by atoms with Crippen molar-refractivity contribution in [3.05, 3.63) is 59.3 Å². The molecule has 0 saturated carbocycles. The molecule has 20 heavy (non-hydrogen) atoms. The number of pyridine rings is 1. The van der Waals surface area contributed by atoms with E-state index in [0.717, 1.165) is 12.2 Å². The van der Waals surface area contributed by atoms with Gasteiger partial charge >= 0.3 is 0 Å². The van der Waals surface area contributed by atoms with E-state index in [0.29, 0.717) is 12.0 Å². The highest BCUT2D eigenvalue weighted by molar-refractivity contribution is 5.44. The number of hydrogen-bond donors (Lipinski definition) is 1. The number of aryl methyl sites for hydroxylation is 2. The number of rotatable bonds is 5. The zero-order chi connectivity index (χ0) is 14.5. The molecule has 0 spiro atoms. The second kappa shape index (κ2) is 6.56. The Morgan fingerprint density at radius 1 is 1.15 bits per heavy atom. The lowest BCUT2D eigenvalue weighted by Crippen LogP contribution is -2.26. The van der Waals surface area contributed by atoms with Gasteiger partial charge in [0.1, 0.15) is 5.82 Å². The second-order valence-electron chi connectivity index (χ2n) is 5.53. The molecule has 106 valence electrons. The van der Waals surface area contributed by atoms with Crippen LogP contribution in [0.25, 0.3) is 0 Å². The van der Waals surface area contributed by atoms with Crippen LogP contribution < -0.4 is 5.32 Å². The van der Waals surface area contributed by atoms with Gasteiger partial charge in [0.05, 0.1) is 0 Å². The lowest BCUT2D eigenvalue weighted by molar-refractivity contribution is 0.584. The molecule has 1 aromatic carbocycles. The van der Waals surface area contributed by atoms with Crippen molar-refractivity contribution in [1.29, 1.82) is 0 Å². The van der Waals surface area contributed by atoms with Gasteiger partial charge in [-0.25, -0.2) is 4.98 Å². The van der Waals surface area contributed by atoms with Gasteiger partial charge in [0, 0.05) is 18.2 Å². The van der Waals surface area contributed by atoms with Crippen LogP contribution in [-0.2, 0) is 0 Å². The number of nitrogens with one attached hydrogen (secondary N) is 1. The first-order chi connectivity index (χ1) is 9.61. The Morgan fingerprint density at radius 2 is 1.95 bits per heavy atom. The first-order valence-corrected chi connectivity index (χ1v) is 7.36. The zero-order valence-corrected chi connectivity index (χ0v) is 12.9. The third kappa shape index (κ3) is 3.38. The van der Waals surface area contributed by atoms with E-state index in [1.807, 2.05) is 12.3 Å². The molecule has 0 aliphatic rings. The minimum atomic E-state index is 0.394. The summed E-state index contributed by atoms with van der Waals surface area (Å²) in [6.45, 7) is 8.75. The van der Waals surface area contributed by atoms with Gasteiger partial charge in [0.2, 0.25) is 0 Å². The molecular weight excluding hydrogens is 244 g/mol. The molecule has 0 bridgehead atoms. The summed E-state index contributed by atoms with van der Waals surface area (Å²) < 4.78 is 0. The van der Waals surface area contributed by atoms with Crippen LogP contribution in [0.1, 0.15) is 42.9 Å². The van der Waals surface area contributed by atoms with E-state index >= 15 is 0 Å². The lowest BCUT2D eigenvalue weighted by atomic mass is 9.90. The minimum absolute atomic E-state index is 0.394. The molecule has 0 radical (unpaired) electrons. The number of benzene rings is 1. The number of hydrogen-bond acceptors (Lipinski definition) is 2. The topological polar surface area (TPSA) is 24.9 Å². The molecule has 1 heterocycles. The fourth-order valence-electron chi connectivity index (χ4n) is 2.58. The average Bonchev–Trinajstić information content (AvgIpc) is 2.46. The summed E-state index contributed by atoms with van der Waals surface area (Å²) in [4.78, 5) is 4.45. The molecule has 0 fully saturated rings. The Kier molecular flexibility index (Phi) is 4.78. The average molecular weight is 268 g/mol. The summed E-state index contributed by atoms with van der Waals surface area (Å²) in [5.74, 6) is 1.46. The maximum atomic E-state index is 4.45. The largest absolute Gasteiger partial charge is 0.367 e. The first kappa shape index (κ1) is 14.6. The van der Waals surface area contributed by atoms with Crippen LogP contribution in [-0.4, -0.2) is 11.0 Å². The number of aromatic nitrogens is 1. The molecule has 0 saturated heterocycles. The summed E-state index contributed by atoms with van der Waals surface area (Å²) >= 11 is 0. The Balaban J connectivity index is 2.18. The van der Waals surface area contributed by atoms with Crippen molar-refractivity contribution < 1.29 is 0 Å². The molecule has 0 aliphatic carbocycles. The fourth-order valence-corrected chi connectivity index (χ4v) is 2.58. The molecule has 2 atom stereocenters. The second-order valence-corrected chi connectivity index (χ2v) is 5.53. The van der Waals surface area contributed by atoms with Gasteiger partial charge in [0.15, 0.2) is 0 Å². The van der Waals surface area contributed by atoms with Crippen LogP contribution >= 0.6 is 0 Å². The van der Waals surface area contributed by atoms with Crippen LogP contribution in [0.5, 0.6) is 0 Å². The van der Waals surface area contributed by atoms with Crippen LogP contribution in [0.3, 0.4) is 0 Å². The van der Waals surface area contributed by atoms with Crippen LogP contribution in [0.15, 0.2) is 42.6 Å². The third-order valence-electron chi connectivity index (χ3n) is 3.94. The summed E-state index contributed by atoms with van der Waals surface area (Å²) in [5, 5.41) is 3.60. The normalized spacial score (nSPS) is 13.8. The highest BCUT2D eigenvalue weighted by Crippen LogP contribution is 2.25. The highest BCUT2D eigenvalue weighted by atomic mass is 15.0. The molecule has 1 aromatic heterocycles. The molecule has 0 amide bonds. The van der Waals surface area contributed by atoms with Crippen molar-refractivity contribution in [2.24, 2.45) is 0 Å². The van der Waals surface area contributed by atoms with Crippen LogP contribution in [0, 0.1) is 13.8 Å². The van der Waals surface area contributed by atoms with Crippen LogP contribution in [0.2, 0.25) is 0 Å². The number of nitrogens with zero attached hydrogens (tertiary/aromatic N) is 1. The van der Waals surface area contributed by atoms with Gasteiger partial charge in [-0.3, -0.25) is 0 Å². The molecule has 2 rings (SSSR count). The monoisotopic (exact) mass is 268 g/mol. The lowest BCUT2D eigenvalue weighted by Gasteiger charge is -2.26. The maximum Gasteiger partial charge on any atom is 0.129 e. The van der Waals surface area contributed by atoms with Crippen molar-refractivity contribution in [2.75, 3.05) is 5.32 Å². The fraction of sp³-hybridized carbons (Fsp3) is 0.389. The highest BCUT2D eigenvalue weighted by Gasteiger charge is 2.18. The van der Waals surface area contributed by atoms with Crippen LogP contribution in [0.4, 0.5) is 5.82 Å². The molecule has 2 nitrogen and oxygen atoms in total. The van der Waals surface area contributed by atoms with E-state index < -0.39 is 0 Å². The quantitative estimate of drug-likeness (QED) is 0.850. The van der Waals surface area contributed by atoms with Crippen molar-refractivity contribution in [1.82, 2.24) is 4.98 Å². The summed E-state index contributed by atoms with van der Waals surface area (Å²) in [7, 11) is 0. The molecule has 2 heteroatoms. The Bertz CT molecular complexity index is 563. The SMILES string of the molecule is CC[C@@H](Nc1ncccc1C)[C@@H](C)c1cccc(C)c1. The molecule has 1 N–H and O–H groups in total.